The number of hydrogen-bond acceptors (Lipinski definition) is 4. The molecule has 3 aromatic rings. The van der Waals surface area contributed by atoms with Gasteiger partial charge in [-0.2, -0.15) is 0 Å². The summed E-state index contributed by atoms with van der Waals surface area (Å²) in [6.07, 6.45) is 5.03. The molecule has 0 saturated heterocycles. The van der Waals surface area contributed by atoms with E-state index in [1.54, 1.807) is 0 Å². The van der Waals surface area contributed by atoms with Gasteiger partial charge in [0.15, 0.2) is 0 Å². The van der Waals surface area contributed by atoms with Gasteiger partial charge in [0, 0.05) is 30.5 Å². The third kappa shape index (κ3) is 6.70. The molecule has 222 valence electrons. The molecule has 1 fully saturated rings. The van der Waals surface area contributed by atoms with Gasteiger partial charge >= 0.3 is 6.09 Å². The number of amides is 2. The molecule has 0 aromatic heterocycles. The Hall–Kier alpha value is -3.64. The van der Waals surface area contributed by atoms with Crippen molar-refractivity contribution in [1.29, 1.82) is 0 Å². The monoisotopic (exact) mass is 567 g/mol. The molecule has 2 amide bonds. The lowest BCUT2D eigenvalue weighted by molar-refractivity contribution is -0.123. The molecule has 42 heavy (non-hydrogen) atoms. The van der Waals surface area contributed by atoms with E-state index in [1.165, 1.54) is 33.4 Å². The zero-order chi connectivity index (χ0) is 29.7. The second-order valence-electron chi connectivity index (χ2n) is 12.6. The average Bonchev–Trinajstić information content (AvgIpc) is 3.30. The van der Waals surface area contributed by atoms with Crippen molar-refractivity contribution in [1.82, 2.24) is 15.5 Å². The van der Waals surface area contributed by atoms with E-state index in [9.17, 15) is 9.59 Å². The van der Waals surface area contributed by atoms with E-state index >= 15 is 0 Å². The smallest absolute Gasteiger partial charge is 0.407 e. The first kappa shape index (κ1) is 29.8. The number of fused-ring (bicyclic) bond motifs is 3. The molecule has 2 aliphatic rings. The molecule has 3 aromatic carbocycles. The number of benzene rings is 3. The molecule has 0 heterocycles. The normalized spacial score (nSPS) is 20.5. The molecule has 2 aliphatic carbocycles. The lowest BCUT2D eigenvalue weighted by Crippen LogP contribution is -2.52. The van der Waals surface area contributed by atoms with Gasteiger partial charge < -0.3 is 20.3 Å². The third-order valence-electron chi connectivity index (χ3n) is 9.48. The Morgan fingerprint density at radius 1 is 0.929 bits per heavy atom. The molecular weight excluding hydrogens is 522 g/mol. The molecular formula is C36H45N3O3. The summed E-state index contributed by atoms with van der Waals surface area (Å²) in [4.78, 5) is 27.8. The van der Waals surface area contributed by atoms with Gasteiger partial charge in [0.05, 0.1) is 0 Å². The van der Waals surface area contributed by atoms with Gasteiger partial charge in [0.1, 0.15) is 6.61 Å². The van der Waals surface area contributed by atoms with Crippen molar-refractivity contribution in [3.63, 3.8) is 0 Å². The van der Waals surface area contributed by atoms with Crippen LogP contribution in [0.2, 0.25) is 0 Å². The molecule has 6 nitrogen and oxygen atoms in total. The summed E-state index contributed by atoms with van der Waals surface area (Å²) in [5, 5.41) is 6.14. The van der Waals surface area contributed by atoms with E-state index in [0.717, 1.165) is 32.1 Å². The van der Waals surface area contributed by atoms with E-state index in [1.807, 2.05) is 31.2 Å². The fourth-order valence-electron chi connectivity index (χ4n) is 6.83. The average molecular weight is 568 g/mol. The van der Waals surface area contributed by atoms with Crippen LogP contribution in [0, 0.1) is 12.8 Å². The van der Waals surface area contributed by atoms with Crippen molar-refractivity contribution >= 4 is 12.0 Å². The number of rotatable bonds is 10. The Morgan fingerprint density at radius 3 is 2.14 bits per heavy atom. The Bertz CT molecular complexity index is 1350. The van der Waals surface area contributed by atoms with Crippen molar-refractivity contribution < 1.29 is 14.3 Å². The SMILES string of the molecule is Cc1ccccc1CC1(N(C)C)CCC(NC(=O)CC(C)CNC(=O)OCC2c3ccccc3-c3ccccc32)CC1. The van der Waals surface area contributed by atoms with Crippen LogP contribution >= 0.6 is 0 Å². The van der Waals surface area contributed by atoms with Crippen LogP contribution in [-0.2, 0) is 16.0 Å². The van der Waals surface area contributed by atoms with Gasteiger partial charge in [-0.05, 0) is 92.4 Å². The van der Waals surface area contributed by atoms with E-state index in [2.05, 4.69) is 85.1 Å². The zero-order valence-corrected chi connectivity index (χ0v) is 25.5. The summed E-state index contributed by atoms with van der Waals surface area (Å²) in [7, 11) is 4.37. The van der Waals surface area contributed by atoms with Crippen molar-refractivity contribution in [2.75, 3.05) is 27.2 Å². The standard InChI is InChI=1S/C36H45N3O3/c1-25(23-37-35(41)42-24-33-31-15-9-7-13-29(31)30-14-8-10-16-32(30)33)21-34(40)38-28-17-19-36(20-18-28,39(3)4)22-27-12-6-5-11-26(27)2/h5-16,25,28,33H,17-24H2,1-4H3,(H,37,41)(H,38,40). The third-order valence-corrected chi connectivity index (χ3v) is 9.48. The highest BCUT2D eigenvalue weighted by Gasteiger charge is 2.38. The predicted molar refractivity (Wildman–Crippen MR) is 169 cm³/mol. The summed E-state index contributed by atoms with van der Waals surface area (Å²) in [6, 6.07) is 25.5. The minimum Gasteiger partial charge on any atom is -0.449 e. The molecule has 5 rings (SSSR count). The highest BCUT2D eigenvalue weighted by molar-refractivity contribution is 5.79. The first-order valence-corrected chi connectivity index (χ1v) is 15.4. The lowest BCUT2D eigenvalue weighted by Gasteiger charge is -2.45. The maximum absolute atomic E-state index is 12.9. The molecule has 1 unspecified atom stereocenters. The number of carbonyl (C=O) groups is 2. The first-order chi connectivity index (χ1) is 20.3. The molecule has 0 spiro atoms. The number of carbonyl (C=O) groups excluding carboxylic acids is 2. The van der Waals surface area contributed by atoms with E-state index < -0.39 is 6.09 Å². The Kier molecular flexibility index (Phi) is 9.32. The van der Waals surface area contributed by atoms with E-state index in [-0.39, 0.29) is 35.9 Å². The Balaban J connectivity index is 1.04. The molecule has 2 N–H and O–H groups in total. The number of nitrogens with one attached hydrogen (secondary N) is 2. The summed E-state index contributed by atoms with van der Waals surface area (Å²) in [5.41, 5.74) is 7.67. The van der Waals surface area contributed by atoms with E-state index in [4.69, 9.17) is 4.74 Å². The van der Waals surface area contributed by atoms with Crippen LogP contribution in [0.5, 0.6) is 0 Å². The highest BCUT2D eigenvalue weighted by Crippen LogP contribution is 2.44. The first-order valence-electron chi connectivity index (χ1n) is 15.4. The number of alkyl carbamates (subject to hydrolysis) is 1. The minimum absolute atomic E-state index is 0.0102. The largest absolute Gasteiger partial charge is 0.449 e. The van der Waals surface area contributed by atoms with Crippen molar-refractivity contribution in [2.45, 2.75) is 69.9 Å². The number of aryl methyl sites for hydroxylation is 1. The van der Waals surface area contributed by atoms with Gasteiger partial charge in [0.25, 0.3) is 0 Å². The summed E-state index contributed by atoms with van der Waals surface area (Å²) in [6.45, 7) is 4.86. The fraction of sp³-hybridized carbons (Fsp3) is 0.444. The lowest BCUT2D eigenvalue weighted by atomic mass is 9.74. The highest BCUT2D eigenvalue weighted by atomic mass is 16.5. The summed E-state index contributed by atoms with van der Waals surface area (Å²) >= 11 is 0. The topological polar surface area (TPSA) is 70.7 Å². The number of ether oxygens (including phenoxy) is 1. The zero-order valence-electron chi connectivity index (χ0n) is 25.5. The number of nitrogens with zero attached hydrogens (tertiary/aromatic N) is 1. The van der Waals surface area contributed by atoms with Crippen LogP contribution in [-0.4, -0.2) is 55.7 Å². The van der Waals surface area contributed by atoms with Gasteiger partial charge in [0.2, 0.25) is 5.91 Å². The molecule has 0 bridgehead atoms. The van der Waals surface area contributed by atoms with Crippen LogP contribution in [0.1, 0.15) is 67.2 Å². The van der Waals surface area contributed by atoms with Crippen molar-refractivity contribution in [2.24, 2.45) is 5.92 Å². The van der Waals surface area contributed by atoms with Crippen molar-refractivity contribution in [3.05, 3.63) is 95.1 Å². The van der Waals surface area contributed by atoms with Crippen LogP contribution < -0.4 is 10.6 Å². The van der Waals surface area contributed by atoms with Crippen LogP contribution in [0.15, 0.2) is 72.8 Å². The minimum atomic E-state index is -0.440. The Labute approximate surface area is 250 Å². The molecule has 6 heteroatoms. The predicted octanol–water partition coefficient (Wildman–Crippen LogP) is 6.46. The summed E-state index contributed by atoms with van der Waals surface area (Å²) in [5.74, 6) is 0.0962. The van der Waals surface area contributed by atoms with Crippen molar-refractivity contribution in [3.8, 4) is 11.1 Å². The second-order valence-corrected chi connectivity index (χ2v) is 12.6. The van der Waals surface area contributed by atoms with Gasteiger partial charge in [-0.1, -0.05) is 79.7 Å². The van der Waals surface area contributed by atoms with Gasteiger partial charge in [-0.25, -0.2) is 4.79 Å². The van der Waals surface area contributed by atoms with Gasteiger partial charge in [-0.15, -0.1) is 0 Å². The maximum Gasteiger partial charge on any atom is 0.407 e. The number of likely N-dealkylation sites (N-methyl/N-ethyl adjacent to an activating group) is 1. The molecule has 0 aliphatic heterocycles. The van der Waals surface area contributed by atoms with Gasteiger partial charge in [-0.3, -0.25) is 4.79 Å². The molecule has 0 radical (unpaired) electrons. The van der Waals surface area contributed by atoms with Crippen LogP contribution in [0.4, 0.5) is 4.79 Å². The fourth-order valence-corrected chi connectivity index (χ4v) is 6.83. The number of hydrogen-bond donors (Lipinski definition) is 2. The molecule has 1 saturated carbocycles. The maximum atomic E-state index is 12.9. The Morgan fingerprint density at radius 2 is 1.52 bits per heavy atom. The second kappa shape index (κ2) is 13.1. The van der Waals surface area contributed by atoms with Crippen LogP contribution in [0.25, 0.3) is 11.1 Å². The van der Waals surface area contributed by atoms with Crippen LogP contribution in [0.3, 0.4) is 0 Å². The van der Waals surface area contributed by atoms with E-state index in [0.29, 0.717) is 13.0 Å². The quantitative estimate of drug-likeness (QED) is 0.295. The molecule has 1 atom stereocenters. The summed E-state index contributed by atoms with van der Waals surface area (Å²) < 4.78 is 5.65.